The van der Waals surface area contributed by atoms with Crippen LogP contribution in [0.2, 0.25) is 0 Å². The van der Waals surface area contributed by atoms with Gasteiger partial charge < -0.3 is 10.1 Å². The molecule has 0 aliphatic rings. The Morgan fingerprint density at radius 1 is 1.42 bits per heavy atom. The fourth-order valence-electron chi connectivity index (χ4n) is 2.04. The molecule has 0 aliphatic carbocycles. The highest BCUT2D eigenvalue weighted by molar-refractivity contribution is 9.10. The van der Waals surface area contributed by atoms with E-state index in [4.69, 9.17) is 5.11 Å². The third-order valence-electron chi connectivity index (χ3n) is 2.86. The number of benzene rings is 1. The predicted octanol–water partition coefficient (Wildman–Crippen LogP) is 1.72. The molecular weight excluding hydrogens is 314 g/mol. The quantitative estimate of drug-likeness (QED) is 0.752. The Morgan fingerprint density at radius 3 is 2.95 bits per heavy atom. The second-order valence-electron chi connectivity index (χ2n) is 4.10. The van der Waals surface area contributed by atoms with Crippen molar-refractivity contribution in [2.24, 2.45) is 0 Å². The van der Waals surface area contributed by atoms with Gasteiger partial charge in [-0.05, 0) is 18.2 Å². The minimum atomic E-state index is -1.10. The summed E-state index contributed by atoms with van der Waals surface area (Å²) >= 11 is 3.37. The molecule has 2 heterocycles. The van der Waals surface area contributed by atoms with Crippen molar-refractivity contribution in [1.82, 2.24) is 14.8 Å². The molecule has 0 saturated carbocycles. The monoisotopic (exact) mass is 321 g/mol. The maximum Gasteiger partial charge on any atom is 0.325 e. The molecule has 19 heavy (non-hydrogen) atoms. The SMILES string of the molecule is O=C(O)Cn1ncc2c([nH]c3ccc(Br)cc32)c1=O. The van der Waals surface area contributed by atoms with Gasteiger partial charge in [0.05, 0.1) is 6.20 Å². The predicted molar refractivity (Wildman–Crippen MR) is 73.2 cm³/mol. The molecule has 0 spiro atoms. The van der Waals surface area contributed by atoms with Crippen LogP contribution in [0, 0.1) is 0 Å². The third-order valence-corrected chi connectivity index (χ3v) is 3.35. The Labute approximate surface area is 114 Å². The van der Waals surface area contributed by atoms with Crippen LogP contribution in [-0.4, -0.2) is 25.8 Å². The molecule has 3 aromatic rings. The fourth-order valence-corrected chi connectivity index (χ4v) is 2.40. The van der Waals surface area contributed by atoms with Crippen molar-refractivity contribution in [3.8, 4) is 0 Å². The van der Waals surface area contributed by atoms with Gasteiger partial charge in [0.1, 0.15) is 12.1 Å². The lowest BCUT2D eigenvalue weighted by Gasteiger charge is -1.99. The summed E-state index contributed by atoms with van der Waals surface area (Å²) in [6, 6.07) is 5.60. The van der Waals surface area contributed by atoms with Crippen LogP contribution in [0.5, 0.6) is 0 Å². The van der Waals surface area contributed by atoms with Gasteiger partial charge in [0.25, 0.3) is 5.56 Å². The van der Waals surface area contributed by atoms with Crippen LogP contribution >= 0.6 is 15.9 Å². The lowest BCUT2D eigenvalue weighted by atomic mass is 10.2. The summed E-state index contributed by atoms with van der Waals surface area (Å²) in [6.07, 6.45) is 1.50. The van der Waals surface area contributed by atoms with E-state index in [-0.39, 0.29) is 0 Å². The summed E-state index contributed by atoms with van der Waals surface area (Å²) in [4.78, 5) is 25.8. The van der Waals surface area contributed by atoms with Gasteiger partial charge >= 0.3 is 5.97 Å². The minimum Gasteiger partial charge on any atom is -0.480 e. The van der Waals surface area contributed by atoms with Crippen LogP contribution in [0.25, 0.3) is 21.8 Å². The standard InChI is InChI=1S/C12H8BrN3O3/c13-6-1-2-9-7(3-6)8-4-14-16(5-10(17)18)12(19)11(8)15-9/h1-4,15H,5H2,(H,17,18). The summed E-state index contributed by atoms with van der Waals surface area (Å²) < 4.78 is 1.82. The van der Waals surface area contributed by atoms with E-state index in [1.807, 2.05) is 18.2 Å². The molecule has 0 bridgehead atoms. The van der Waals surface area contributed by atoms with Gasteiger partial charge in [0.15, 0.2) is 0 Å². The highest BCUT2D eigenvalue weighted by atomic mass is 79.9. The number of aliphatic carboxylic acids is 1. The number of halogens is 1. The first-order valence-electron chi connectivity index (χ1n) is 5.45. The molecule has 0 amide bonds. The Balaban J connectivity index is 2.35. The van der Waals surface area contributed by atoms with Gasteiger partial charge in [-0.1, -0.05) is 15.9 Å². The van der Waals surface area contributed by atoms with Crippen molar-refractivity contribution in [2.75, 3.05) is 0 Å². The van der Waals surface area contributed by atoms with Crippen LogP contribution in [-0.2, 0) is 11.3 Å². The summed E-state index contributed by atoms with van der Waals surface area (Å²) in [7, 11) is 0. The summed E-state index contributed by atoms with van der Waals surface area (Å²) in [5.74, 6) is -1.10. The van der Waals surface area contributed by atoms with Gasteiger partial charge in [0.2, 0.25) is 0 Å². The number of rotatable bonds is 2. The topological polar surface area (TPSA) is 88.0 Å². The second kappa shape index (κ2) is 4.20. The van der Waals surface area contributed by atoms with Crippen LogP contribution in [0.1, 0.15) is 0 Å². The molecule has 3 rings (SSSR count). The number of carboxylic acids is 1. The Hall–Kier alpha value is -2.15. The number of hydrogen-bond donors (Lipinski definition) is 2. The maximum atomic E-state index is 12.1. The van der Waals surface area contributed by atoms with Crippen LogP contribution in [0.15, 0.2) is 33.7 Å². The van der Waals surface area contributed by atoms with Gasteiger partial charge in [0, 0.05) is 20.8 Å². The highest BCUT2D eigenvalue weighted by Crippen LogP contribution is 2.25. The minimum absolute atomic E-state index is 0.365. The average molecular weight is 322 g/mol. The van der Waals surface area contributed by atoms with Crippen molar-refractivity contribution in [3.63, 3.8) is 0 Å². The van der Waals surface area contributed by atoms with Crippen LogP contribution < -0.4 is 5.56 Å². The number of nitrogens with zero attached hydrogens (tertiary/aromatic N) is 2. The Kier molecular flexibility index (Phi) is 2.63. The summed E-state index contributed by atoms with van der Waals surface area (Å²) in [5, 5.41) is 14.2. The molecule has 0 fully saturated rings. The normalized spacial score (nSPS) is 11.2. The number of carboxylic acid groups (broad SMARTS) is 1. The number of aromatic amines is 1. The third kappa shape index (κ3) is 1.91. The van der Waals surface area contributed by atoms with E-state index in [1.165, 1.54) is 6.20 Å². The first kappa shape index (κ1) is 11.9. The molecule has 7 heteroatoms. The molecule has 0 aliphatic heterocycles. The number of fused-ring (bicyclic) bond motifs is 3. The number of H-pyrrole nitrogens is 1. The first-order valence-corrected chi connectivity index (χ1v) is 6.24. The largest absolute Gasteiger partial charge is 0.480 e. The van der Waals surface area contributed by atoms with Crippen molar-refractivity contribution in [3.05, 3.63) is 39.2 Å². The fraction of sp³-hybridized carbons (Fsp3) is 0.0833. The molecule has 0 saturated heterocycles. The zero-order valence-electron chi connectivity index (χ0n) is 9.55. The molecule has 0 unspecified atom stereocenters. The molecule has 96 valence electrons. The molecule has 0 atom stereocenters. The van der Waals surface area contributed by atoms with Gasteiger partial charge in [-0.25, -0.2) is 4.68 Å². The van der Waals surface area contributed by atoms with E-state index in [9.17, 15) is 9.59 Å². The van der Waals surface area contributed by atoms with Gasteiger partial charge in [-0.15, -0.1) is 0 Å². The molecule has 6 nitrogen and oxygen atoms in total. The van der Waals surface area contributed by atoms with E-state index in [0.717, 1.165) is 20.1 Å². The Morgan fingerprint density at radius 2 is 2.21 bits per heavy atom. The van der Waals surface area contributed by atoms with E-state index in [0.29, 0.717) is 10.9 Å². The van der Waals surface area contributed by atoms with Crippen LogP contribution in [0.3, 0.4) is 0 Å². The molecule has 1 aromatic carbocycles. The smallest absolute Gasteiger partial charge is 0.325 e. The maximum absolute atomic E-state index is 12.1. The zero-order chi connectivity index (χ0) is 13.6. The lowest BCUT2D eigenvalue weighted by molar-refractivity contribution is -0.137. The number of hydrogen-bond acceptors (Lipinski definition) is 3. The van der Waals surface area contributed by atoms with E-state index in [2.05, 4.69) is 26.0 Å². The van der Waals surface area contributed by atoms with Gasteiger partial charge in [-0.3, -0.25) is 9.59 Å². The molecule has 0 radical (unpaired) electrons. The lowest BCUT2D eigenvalue weighted by Crippen LogP contribution is -2.26. The number of aromatic nitrogens is 3. The first-order chi connectivity index (χ1) is 9.06. The van der Waals surface area contributed by atoms with E-state index >= 15 is 0 Å². The van der Waals surface area contributed by atoms with E-state index < -0.39 is 18.1 Å². The highest BCUT2D eigenvalue weighted by Gasteiger charge is 2.12. The second-order valence-corrected chi connectivity index (χ2v) is 5.02. The van der Waals surface area contributed by atoms with Gasteiger partial charge in [-0.2, -0.15) is 5.10 Å². The zero-order valence-corrected chi connectivity index (χ0v) is 11.1. The van der Waals surface area contributed by atoms with Crippen molar-refractivity contribution in [2.45, 2.75) is 6.54 Å². The van der Waals surface area contributed by atoms with Crippen molar-refractivity contribution < 1.29 is 9.90 Å². The van der Waals surface area contributed by atoms with Crippen molar-refractivity contribution in [1.29, 1.82) is 0 Å². The summed E-state index contributed by atoms with van der Waals surface area (Å²) in [5.41, 5.74) is 0.738. The molecular formula is C12H8BrN3O3. The number of carbonyl (C=O) groups is 1. The van der Waals surface area contributed by atoms with Crippen molar-refractivity contribution >= 4 is 43.7 Å². The summed E-state index contributed by atoms with van der Waals surface area (Å²) in [6.45, 7) is -0.451. The molecule has 2 aromatic heterocycles. The Bertz CT molecular complexity index is 866. The molecule has 2 N–H and O–H groups in total. The number of nitrogens with one attached hydrogen (secondary N) is 1. The van der Waals surface area contributed by atoms with Crippen LogP contribution in [0.4, 0.5) is 0 Å². The average Bonchev–Trinajstić information content (AvgIpc) is 2.71. The van der Waals surface area contributed by atoms with E-state index in [1.54, 1.807) is 0 Å².